The topological polar surface area (TPSA) is 78.9 Å². The summed E-state index contributed by atoms with van der Waals surface area (Å²) in [6.07, 6.45) is 0.176. The summed E-state index contributed by atoms with van der Waals surface area (Å²) < 4.78 is 14.4. The number of carbonyl (C=O) groups is 3. The highest BCUT2D eigenvalue weighted by molar-refractivity contribution is 5.81. The molecule has 0 aromatic heterocycles. The third-order valence-electron chi connectivity index (χ3n) is 2.81. The zero-order valence-corrected chi connectivity index (χ0v) is 12.3. The molecule has 0 spiro atoms. The molecule has 0 amide bonds. The number of carbonyl (C=O) groups excluding carboxylic acids is 3. The van der Waals surface area contributed by atoms with Crippen molar-refractivity contribution < 1.29 is 28.6 Å². The lowest BCUT2D eigenvalue weighted by Crippen LogP contribution is -2.38. The number of rotatable bonds is 6. The van der Waals surface area contributed by atoms with Crippen molar-refractivity contribution in [2.45, 2.75) is 39.7 Å². The van der Waals surface area contributed by atoms with Crippen molar-refractivity contribution in [3.8, 4) is 0 Å². The Labute approximate surface area is 113 Å². The summed E-state index contributed by atoms with van der Waals surface area (Å²) in [7, 11) is 2.50. The van der Waals surface area contributed by atoms with Gasteiger partial charge in [0.25, 0.3) is 0 Å². The predicted octanol–water partition coefficient (Wildman–Crippen LogP) is 1.32. The maximum Gasteiger partial charge on any atom is 0.309 e. The van der Waals surface area contributed by atoms with Crippen LogP contribution < -0.4 is 0 Å². The minimum absolute atomic E-state index is 0.176. The van der Waals surface area contributed by atoms with Gasteiger partial charge in [0.05, 0.1) is 26.1 Å². The van der Waals surface area contributed by atoms with E-state index in [9.17, 15) is 14.4 Å². The summed E-state index contributed by atoms with van der Waals surface area (Å²) in [5.41, 5.74) is -0.868. The van der Waals surface area contributed by atoms with Crippen LogP contribution in [0.5, 0.6) is 0 Å². The van der Waals surface area contributed by atoms with E-state index in [4.69, 9.17) is 9.47 Å². The lowest BCUT2D eigenvalue weighted by molar-refractivity contribution is -0.165. The quantitative estimate of drug-likeness (QED) is 0.537. The highest BCUT2D eigenvalue weighted by Crippen LogP contribution is 2.28. The second kappa shape index (κ2) is 7.11. The van der Waals surface area contributed by atoms with Crippen LogP contribution in [0.3, 0.4) is 0 Å². The van der Waals surface area contributed by atoms with Crippen molar-refractivity contribution >= 4 is 17.9 Å². The SMILES string of the molecule is COC(=O)C(C)C(CC(C)(C)OC(C)=O)C(=O)OC. The second-order valence-electron chi connectivity index (χ2n) is 5.00. The molecule has 0 aromatic carbocycles. The fourth-order valence-electron chi connectivity index (χ4n) is 1.93. The van der Waals surface area contributed by atoms with E-state index >= 15 is 0 Å². The van der Waals surface area contributed by atoms with Crippen LogP contribution in [0.15, 0.2) is 0 Å². The standard InChI is InChI=1S/C13H22O6/c1-8(11(15)17-5)10(12(16)18-6)7-13(3,4)19-9(2)14/h8,10H,7H2,1-6H3. The van der Waals surface area contributed by atoms with Crippen LogP contribution in [-0.4, -0.2) is 37.7 Å². The molecular formula is C13H22O6. The Balaban J connectivity index is 5.02. The van der Waals surface area contributed by atoms with Crippen molar-refractivity contribution in [2.75, 3.05) is 14.2 Å². The summed E-state index contributed by atoms with van der Waals surface area (Å²) in [5.74, 6) is -2.88. The van der Waals surface area contributed by atoms with Gasteiger partial charge in [-0.3, -0.25) is 14.4 Å². The maximum atomic E-state index is 11.8. The van der Waals surface area contributed by atoms with Crippen LogP contribution in [-0.2, 0) is 28.6 Å². The first-order valence-electron chi connectivity index (χ1n) is 6.00. The van der Waals surface area contributed by atoms with E-state index in [0.717, 1.165) is 0 Å². The number of hydrogen-bond acceptors (Lipinski definition) is 6. The lowest BCUT2D eigenvalue weighted by atomic mass is 9.84. The van der Waals surface area contributed by atoms with Crippen LogP contribution in [0.1, 0.15) is 34.1 Å². The Hall–Kier alpha value is -1.59. The molecule has 19 heavy (non-hydrogen) atoms. The highest BCUT2D eigenvalue weighted by Gasteiger charge is 2.37. The summed E-state index contributed by atoms with van der Waals surface area (Å²) in [6.45, 7) is 6.22. The molecule has 0 aromatic rings. The van der Waals surface area contributed by atoms with Gasteiger partial charge in [-0.1, -0.05) is 6.92 Å². The third-order valence-corrected chi connectivity index (χ3v) is 2.81. The minimum Gasteiger partial charge on any atom is -0.469 e. The molecule has 0 N–H and O–H groups in total. The average Bonchev–Trinajstić information content (AvgIpc) is 2.31. The van der Waals surface area contributed by atoms with E-state index in [1.807, 2.05) is 0 Å². The van der Waals surface area contributed by atoms with Gasteiger partial charge in [-0.15, -0.1) is 0 Å². The smallest absolute Gasteiger partial charge is 0.309 e. The molecule has 2 atom stereocenters. The van der Waals surface area contributed by atoms with Gasteiger partial charge in [0.15, 0.2) is 0 Å². The molecule has 0 aliphatic heterocycles. The van der Waals surface area contributed by atoms with Crippen molar-refractivity contribution in [1.29, 1.82) is 0 Å². The molecule has 0 aliphatic rings. The molecule has 0 bridgehead atoms. The van der Waals surface area contributed by atoms with Gasteiger partial charge in [-0.05, 0) is 13.8 Å². The van der Waals surface area contributed by atoms with Crippen LogP contribution in [0.2, 0.25) is 0 Å². The van der Waals surface area contributed by atoms with E-state index in [1.54, 1.807) is 20.8 Å². The Kier molecular flexibility index (Phi) is 6.52. The van der Waals surface area contributed by atoms with Gasteiger partial charge in [0, 0.05) is 13.3 Å². The van der Waals surface area contributed by atoms with E-state index in [1.165, 1.54) is 21.1 Å². The van der Waals surface area contributed by atoms with Crippen LogP contribution in [0.4, 0.5) is 0 Å². The van der Waals surface area contributed by atoms with E-state index in [0.29, 0.717) is 0 Å². The fourth-order valence-corrected chi connectivity index (χ4v) is 1.93. The maximum absolute atomic E-state index is 11.8. The third kappa shape index (κ3) is 5.72. The number of hydrogen-bond donors (Lipinski definition) is 0. The molecule has 0 rings (SSSR count). The van der Waals surface area contributed by atoms with Crippen LogP contribution in [0.25, 0.3) is 0 Å². The first-order chi connectivity index (χ1) is 8.64. The normalized spacial score (nSPS) is 14.2. The van der Waals surface area contributed by atoms with E-state index in [-0.39, 0.29) is 6.42 Å². The van der Waals surface area contributed by atoms with E-state index < -0.39 is 35.3 Å². The highest BCUT2D eigenvalue weighted by atomic mass is 16.6. The summed E-state index contributed by atoms with van der Waals surface area (Å²) >= 11 is 0. The monoisotopic (exact) mass is 274 g/mol. The minimum atomic E-state index is -0.868. The first kappa shape index (κ1) is 17.4. The molecule has 0 heterocycles. The molecular weight excluding hydrogens is 252 g/mol. The van der Waals surface area contributed by atoms with Crippen molar-refractivity contribution in [2.24, 2.45) is 11.8 Å². The van der Waals surface area contributed by atoms with Gasteiger partial charge in [0.2, 0.25) is 0 Å². The lowest BCUT2D eigenvalue weighted by Gasteiger charge is -2.30. The van der Waals surface area contributed by atoms with Gasteiger partial charge in [0.1, 0.15) is 5.60 Å². The van der Waals surface area contributed by atoms with Crippen molar-refractivity contribution in [3.63, 3.8) is 0 Å². The molecule has 0 radical (unpaired) electrons. The predicted molar refractivity (Wildman–Crippen MR) is 67.1 cm³/mol. The molecule has 6 nitrogen and oxygen atoms in total. The van der Waals surface area contributed by atoms with Gasteiger partial charge < -0.3 is 14.2 Å². The van der Waals surface area contributed by atoms with Gasteiger partial charge >= 0.3 is 17.9 Å². The Bertz CT molecular complexity index is 347. The molecule has 110 valence electrons. The summed E-state index contributed by atoms with van der Waals surface area (Å²) in [5, 5.41) is 0. The van der Waals surface area contributed by atoms with E-state index in [2.05, 4.69) is 4.74 Å². The Morgan fingerprint density at radius 3 is 1.89 bits per heavy atom. The average molecular weight is 274 g/mol. The number of methoxy groups -OCH3 is 2. The summed E-state index contributed by atoms with van der Waals surface area (Å²) in [6, 6.07) is 0. The Morgan fingerprint density at radius 1 is 1.05 bits per heavy atom. The largest absolute Gasteiger partial charge is 0.469 e. The fraction of sp³-hybridized carbons (Fsp3) is 0.769. The van der Waals surface area contributed by atoms with Gasteiger partial charge in [-0.2, -0.15) is 0 Å². The molecule has 6 heteroatoms. The number of ether oxygens (including phenoxy) is 3. The van der Waals surface area contributed by atoms with Crippen molar-refractivity contribution in [3.05, 3.63) is 0 Å². The van der Waals surface area contributed by atoms with Crippen molar-refractivity contribution in [1.82, 2.24) is 0 Å². The first-order valence-corrected chi connectivity index (χ1v) is 6.00. The zero-order chi connectivity index (χ0) is 15.2. The molecule has 0 aliphatic carbocycles. The molecule has 2 unspecified atom stereocenters. The van der Waals surface area contributed by atoms with Gasteiger partial charge in [-0.25, -0.2) is 0 Å². The Morgan fingerprint density at radius 2 is 1.53 bits per heavy atom. The van der Waals surface area contributed by atoms with Crippen LogP contribution in [0, 0.1) is 11.8 Å². The molecule has 0 fully saturated rings. The number of esters is 3. The summed E-state index contributed by atoms with van der Waals surface area (Å²) in [4.78, 5) is 34.3. The van der Waals surface area contributed by atoms with Crippen LogP contribution >= 0.6 is 0 Å². The molecule has 0 saturated carbocycles. The zero-order valence-electron chi connectivity index (χ0n) is 12.3. The molecule has 0 saturated heterocycles. The second-order valence-corrected chi connectivity index (χ2v) is 5.00.